The zero-order valence-corrected chi connectivity index (χ0v) is 13.6. The van der Waals surface area contributed by atoms with Crippen molar-refractivity contribution in [3.63, 3.8) is 0 Å². The molecule has 0 atom stereocenters. The Labute approximate surface area is 127 Å². The molecule has 0 fully saturated rings. The van der Waals surface area contributed by atoms with E-state index in [2.05, 4.69) is 27.1 Å². The first-order valence-electron chi connectivity index (χ1n) is 7.58. The van der Waals surface area contributed by atoms with Crippen molar-refractivity contribution in [1.82, 2.24) is 19.8 Å². The molecule has 6 heteroatoms. The molecule has 0 aliphatic carbocycles. The molecule has 1 heterocycles. The van der Waals surface area contributed by atoms with Crippen LogP contribution >= 0.6 is 0 Å². The summed E-state index contributed by atoms with van der Waals surface area (Å²) in [7, 11) is 4.07. The average molecular weight is 293 g/mol. The first-order valence-corrected chi connectivity index (χ1v) is 7.58. The predicted molar refractivity (Wildman–Crippen MR) is 85.6 cm³/mol. The summed E-state index contributed by atoms with van der Waals surface area (Å²) in [5.74, 6) is 0.607. The number of carbonyl (C=O) groups is 1. The van der Waals surface area contributed by atoms with E-state index < -0.39 is 0 Å². The molecule has 0 spiro atoms. The summed E-state index contributed by atoms with van der Waals surface area (Å²) in [6, 6.07) is 0. The van der Waals surface area contributed by atoms with Crippen molar-refractivity contribution < 1.29 is 4.79 Å². The molecule has 1 N–H and O–H groups in total. The lowest BCUT2D eigenvalue weighted by molar-refractivity contribution is 0.0753. The predicted octanol–water partition coefficient (Wildman–Crippen LogP) is 1.71. The lowest BCUT2D eigenvalue weighted by Gasteiger charge is -2.21. The fourth-order valence-electron chi connectivity index (χ4n) is 1.95. The van der Waals surface area contributed by atoms with Crippen LogP contribution in [0.25, 0.3) is 0 Å². The molecule has 0 saturated heterocycles. The second kappa shape index (κ2) is 9.28. The fraction of sp³-hybridized carbons (Fsp3) is 0.667. The number of hydrogen-bond acceptors (Lipinski definition) is 5. The minimum absolute atomic E-state index is 0.0519. The molecule has 0 radical (unpaired) electrons. The lowest BCUT2D eigenvalue weighted by atomic mass is 10.3. The molecule has 1 aromatic rings. The molecule has 0 aliphatic rings. The molecular formula is C15H27N5O. The largest absolute Gasteiger partial charge is 0.369 e. The molecule has 0 bridgehead atoms. The minimum Gasteiger partial charge on any atom is -0.369 e. The van der Waals surface area contributed by atoms with Crippen LogP contribution in [0, 0.1) is 0 Å². The first-order chi connectivity index (χ1) is 10.1. The summed E-state index contributed by atoms with van der Waals surface area (Å²) in [5.41, 5.74) is 0.405. The zero-order chi connectivity index (χ0) is 15.7. The average Bonchev–Trinajstić information content (AvgIpc) is 2.49. The molecule has 1 aromatic heterocycles. The molecule has 1 amide bonds. The molecule has 6 nitrogen and oxygen atoms in total. The Kier molecular flexibility index (Phi) is 7.68. The number of anilines is 1. The van der Waals surface area contributed by atoms with Gasteiger partial charge in [0.15, 0.2) is 0 Å². The summed E-state index contributed by atoms with van der Waals surface area (Å²) in [4.78, 5) is 24.8. The monoisotopic (exact) mass is 293 g/mol. The van der Waals surface area contributed by atoms with Crippen molar-refractivity contribution in [1.29, 1.82) is 0 Å². The van der Waals surface area contributed by atoms with E-state index in [0.717, 1.165) is 32.5 Å². The molecule has 0 unspecified atom stereocenters. The highest BCUT2D eigenvalue weighted by Gasteiger charge is 2.16. The minimum atomic E-state index is -0.0519. The van der Waals surface area contributed by atoms with Crippen LogP contribution in [-0.4, -0.2) is 65.9 Å². The van der Waals surface area contributed by atoms with Gasteiger partial charge < -0.3 is 15.1 Å². The summed E-state index contributed by atoms with van der Waals surface area (Å²) in [5, 5.41) is 3.15. The number of nitrogens with one attached hydrogen (secondary N) is 1. The van der Waals surface area contributed by atoms with E-state index in [1.165, 1.54) is 6.20 Å². The van der Waals surface area contributed by atoms with Gasteiger partial charge >= 0.3 is 0 Å². The quantitative estimate of drug-likeness (QED) is 0.751. The summed E-state index contributed by atoms with van der Waals surface area (Å²) in [6.07, 6.45) is 5.14. The second-order valence-corrected chi connectivity index (χ2v) is 5.26. The van der Waals surface area contributed by atoms with Crippen LogP contribution in [0.2, 0.25) is 0 Å². The van der Waals surface area contributed by atoms with Gasteiger partial charge in [0.05, 0.1) is 12.4 Å². The maximum Gasteiger partial charge on any atom is 0.274 e. The van der Waals surface area contributed by atoms with E-state index in [-0.39, 0.29) is 5.91 Å². The van der Waals surface area contributed by atoms with Crippen molar-refractivity contribution in [2.24, 2.45) is 0 Å². The van der Waals surface area contributed by atoms with Gasteiger partial charge in [-0.3, -0.25) is 9.78 Å². The third kappa shape index (κ3) is 6.08. The van der Waals surface area contributed by atoms with Crippen molar-refractivity contribution in [2.75, 3.05) is 45.6 Å². The second-order valence-electron chi connectivity index (χ2n) is 5.26. The number of aromatic nitrogens is 2. The van der Waals surface area contributed by atoms with E-state index in [1.807, 2.05) is 25.9 Å². The van der Waals surface area contributed by atoms with E-state index >= 15 is 0 Å². The van der Waals surface area contributed by atoms with Crippen molar-refractivity contribution >= 4 is 11.7 Å². The molecule has 0 aliphatic heterocycles. The van der Waals surface area contributed by atoms with Crippen molar-refractivity contribution in [3.05, 3.63) is 18.1 Å². The van der Waals surface area contributed by atoms with Crippen LogP contribution < -0.4 is 5.32 Å². The summed E-state index contributed by atoms with van der Waals surface area (Å²) in [6.45, 7) is 7.28. The Morgan fingerprint density at radius 2 is 2.00 bits per heavy atom. The van der Waals surface area contributed by atoms with Gasteiger partial charge in [-0.1, -0.05) is 6.92 Å². The number of hydrogen-bond donors (Lipinski definition) is 1. The Morgan fingerprint density at radius 1 is 1.24 bits per heavy atom. The molecular weight excluding hydrogens is 266 g/mol. The molecule has 0 saturated carbocycles. The standard InChI is InChI=1S/C15H27N5O/c1-5-8-17-14-12-16-11-13(18-14)15(21)20(6-2)10-7-9-19(3)4/h11-12H,5-10H2,1-4H3,(H,17,18). The molecule has 21 heavy (non-hydrogen) atoms. The maximum atomic E-state index is 12.5. The molecule has 0 aromatic carbocycles. The number of nitrogens with zero attached hydrogens (tertiary/aromatic N) is 4. The van der Waals surface area contributed by atoms with E-state index in [0.29, 0.717) is 18.1 Å². The highest BCUT2D eigenvalue weighted by molar-refractivity contribution is 5.92. The van der Waals surface area contributed by atoms with Gasteiger partial charge in [-0.15, -0.1) is 0 Å². The van der Waals surface area contributed by atoms with Crippen LogP contribution in [0.3, 0.4) is 0 Å². The Bertz CT molecular complexity index is 436. The van der Waals surface area contributed by atoms with Gasteiger partial charge in [0, 0.05) is 19.6 Å². The highest BCUT2D eigenvalue weighted by Crippen LogP contribution is 2.06. The van der Waals surface area contributed by atoms with Gasteiger partial charge in [-0.25, -0.2) is 4.98 Å². The lowest BCUT2D eigenvalue weighted by Crippen LogP contribution is -2.34. The van der Waals surface area contributed by atoms with Crippen molar-refractivity contribution in [2.45, 2.75) is 26.7 Å². The Morgan fingerprint density at radius 3 is 2.62 bits per heavy atom. The highest BCUT2D eigenvalue weighted by atomic mass is 16.2. The van der Waals surface area contributed by atoms with Gasteiger partial charge in [0.2, 0.25) is 0 Å². The van der Waals surface area contributed by atoms with E-state index in [1.54, 1.807) is 6.20 Å². The number of carbonyl (C=O) groups excluding carboxylic acids is 1. The SMILES string of the molecule is CCCNc1cncc(C(=O)N(CC)CCCN(C)C)n1. The smallest absolute Gasteiger partial charge is 0.274 e. The van der Waals surface area contributed by atoms with Crippen LogP contribution in [0.15, 0.2) is 12.4 Å². The number of amides is 1. The Hall–Kier alpha value is -1.69. The van der Waals surface area contributed by atoms with E-state index in [4.69, 9.17) is 0 Å². The van der Waals surface area contributed by atoms with Crippen LogP contribution in [0.1, 0.15) is 37.2 Å². The van der Waals surface area contributed by atoms with Crippen molar-refractivity contribution in [3.8, 4) is 0 Å². The topological polar surface area (TPSA) is 61.4 Å². The first kappa shape index (κ1) is 17.4. The van der Waals surface area contributed by atoms with Gasteiger partial charge in [-0.2, -0.15) is 0 Å². The van der Waals surface area contributed by atoms with Crippen LogP contribution in [-0.2, 0) is 0 Å². The molecule has 118 valence electrons. The number of rotatable bonds is 9. The van der Waals surface area contributed by atoms with Gasteiger partial charge in [0.1, 0.15) is 11.5 Å². The third-order valence-corrected chi connectivity index (χ3v) is 3.11. The van der Waals surface area contributed by atoms with Crippen LogP contribution in [0.4, 0.5) is 5.82 Å². The Balaban J connectivity index is 2.66. The fourth-order valence-corrected chi connectivity index (χ4v) is 1.95. The summed E-state index contributed by atoms with van der Waals surface area (Å²) >= 11 is 0. The molecule has 1 rings (SSSR count). The third-order valence-electron chi connectivity index (χ3n) is 3.11. The normalized spacial score (nSPS) is 10.7. The van der Waals surface area contributed by atoms with Gasteiger partial charge in [-0.05, 0) is 40.4 Å². The van der Waals surface area contributed by atoms with Gasteiger partial charge in [0.25, 0.3) is 5.91 Å². The summed E-state index contributed by atoms with van der Waals surface area (Å²) < 4.78 is 0. The zero-order valence-electron chi connectivity index (χ0n) is 13.6. The van der Waals surface area contributed by atoms with Crippen LogP contribution in [0.5, 0.6) is 0 Å². The maximum absolute atomic E-state index is 12.5. The van der Waals surface area contributed by atoms with E-state index in [9.17, 15) is 4.79 Å².